The van der Waals surface area contributed by atoms with Gasteiger partial charge in [-0.05, 0) is 61.9 Å². The standard InChI is InChI=1S/C20H32O2Si/c1-12(2)17-18-15(22-23(7,8)19(4,5)6)11-13(3)14-9-10-16(21)20(14,17)18/h9-10,13-15,18H,11H2,1-8H3/t13-,14?,15+,18-,20-/m1/s1. The van der Waals surface area contributed by atoms with Gasteiger partial charge in [0.25, 0.3) is 0 Å². The van der Waals surface area contributed by atoms with E-state index in [1.165, 1.54) is 11.1 Å². The highest BCUT2D eigenvalue weighted by Gasteiger charge is 2.75. The fourth-order valence-corrected chi connectivity index (χ4v) is 6.19. The SMILES string of the molecule is CC(C)=C1[C@H]2[C@@H](O[Si](C)(C)C(C)(C)C)C[C@@H](C)C3C=CC(=O)[C@@]132. The van der Waals surface area contributed by atoms with E-state index in [0.717, 1.165) is 6.42 Å². The Kier molecular flexibility index (Phi) is 3.67. The van der Waals surface area contributed by atoms with Gasteiger partial charge in [-0.25, -0.2) is 0 Å². The van der Waals surface area contributed by atoms with Crippen LogP contribution in [0.5, 0.6) is 0 Å². The summed E-state index contributed by atoms with van der Waals surface area (Å²) in [6, 6.07) is 0. The quantitative estimate of drug-likeness (QED) is 0.518. The highest BCUT2D eigenvalue weighted by Crippen LogP contribution is 2.73. The molecule has 0 aromatic heterocycles. The summed E-state index contributed by atoms with van der Waals surface area (Å²) in [5.41, 5.74) is 2.49. The van der Waals surface area contributed by atoms with Crippen LogP contribution < -0.4 is 0 Å². The predicted octanol–water partition coefficient (Wildman–Crippen LogP) is 5.12. The van der Waals surface area contributed by atoms with Gasteiger partial charge >= 0.3 is 0 Å². The number of hydrogen-bond donors (Lipinski definition) is 0. The molecule has 0 aliphatic heterocycles. The van der Waals surface area contributed by atoms with Crippen molar-refractivity contribution in [3.8, 4) is 0 Å². The van der Waals surface area contributed by atoms with Gasteiger partial charge < -0.3 is 4.43 Å². The molecule has 0 heterocycles. The zero-order chi connectivity index (χ0) is 17.4. The summed E-state index contributed by atoms with van der Waals surface area (Å²) in [5, 5.41) is 0.207. The molecule has 3 aliphatic rings. The molecule has 128 valence electrons. The van der Waals surface area contributed by atoms with Crippen molar-refractivity contribution in [2.45, 2.75) is 72.2 Å². The molecule has 0 aromatic carbocycles. The molecule has 2 saturated carbocycles. The first-order chi connectivity index (χ1) is 10.4. The number of allylic oxidation sites excluding steroid dienone is 3. The van der Waals surface area contributed by atoms with Gasteiger partial charge in [0.05, 0.1) is 11.5 Å². The molecule has 0 aromatic rings. The van der Waals surface area contributed by atoms with Crippen molar-refractivity contribution in [2.75, 3.05) is 0 Å². The summed E-state index contributed by atoms with van der Waals surface area (Å²) in [6.07, 6.45) is 5.32. The van der Waals surface area contributed by atoms with Crippen LogP contribution in [0.15, 0.2) is 23.3 Å². The van der Waals surface area contributed by atoms with Gasteiger partial charge in [-0.1, -0.05) is 39.3 Å². The maximum absolute atomic E-state index is 12.8. The first-order valence-electron chi connectivity index (χ1n) is 9.03. The van der Waals surface area contributed by atoms with Crippen LogP contribution in [0, 0.1) is 23.2 Å². The normalized spacial score (nSPS) is 39.3. The Balaban J connectivity index is 1.97. The molecule has 5 atom stereocenters. The number of ketones is 1. The zero-order valence-electron chi connectivity index (χ0n) is 16.0. The summed E-state index contributed by atoms with van der Waals surface area (Å²) in [6.45, 7) is 18.2. The number of hydrogen-bond acceptors (Lipinski definition) is 2. The molecule has 0 amide bonds. The van der Waals surface area contributed by atoms with Crippen molar-refractivity contribution in [3.05, 3.63) is 23.3 Å². The predicted molar refractivity (Wildman–Crippen MR) is 97.8 cm³/mol. The Bertz CT molecular complexity index is 604. The summed E-state index contributed by atoms with van der Waals surface area (Å²) in [7, 11) is -1.83. The molecule has 1 unspecified atom stereocenters. The summed E-state index contributed by atoms with van der Waals surface area (Å²) in [4.78, 5) is 12.8. The van der Waals surface area contributed by atoms with Crippen LogP contribution in [0.2, 0.25) is 18.1 Å². The second kappa shape index (κ2) is 4.92. The van der Waals surface area contributed by atoms with E-state index in [9.17, 15) is 4.79 Å². The van der Waals surface area contributed by atoms with Crippen LogP contribution in [0.3, 0.4) is 0 Å². The molecule has 3 aliphatic carbocycles. The van der Waals surface area contributed by atoms with Crippen molar-refractivity contribution in [2.24, 2.45) is 23.2 Å². The number of carbonyl (C=O) groups excluding carboxylic acids is 1. The van der Waals surface area contributed by atoms with E-state index in [4.69, 9.17) is 4.43 Å². The monoisotopic (exact) mass is 332 g/mol. The molecule has 2 fully saturated rings. The van der Waals surface area contributed by atoms with Gasteiger partial charge in [0.2, 0.25) is 0 Å². The lowest BCUT2D eigenvalue weighted by atomic mass is 9.72. The van der Waals surface area contributed by atoms with Gasteiger partial charge in [0, 0.05) is 5.92 Å². The molecular weight excluding hydrogens is 300 g/mol. The average molecular weight is 333 g/mol. The van der Waals surface area contributed by atoms with Crippen molar-refractivity contribution in [1.29, 1.82) is 0 Å². The summed E-state index contributed by atoms with van der Waals surface area (Å²) >= 11 is 0. The van der Waals surface area contributed by atoms with E-state index in [1.807, 2.05) is 6.08 Å². The van der Waals surface area contributed by atoms with Crippen LogP contribution in [-0.4, -0.2) is 20.2 Å². The molecule has 2 nitrogen and oxygen atoms in total. The molecular formula is C20H32O2Si. The topological polar surface area (TPSA) is 26.3 Å². The lowest BCUT2D eigenvalue weighted by Gasteiger charge is -2.43. The van der Waals surface area contributed by atoms with Crippen molar-refractivity contribution >= 4 is 14.1 Å². The first-order valence-corrected chi connectivity index (χ1v) is 11.9. The summed E-state index contributed by atoms with van der Waals surface area (Å²) < 4.78 is 6.82. The van der Waals surface area contributed by atoms with E-state index in [-0.39, 0.29) is 16.6 Å². The lowest BCUT2D eigenvalue weighted by Crippen LogP contribution is -2.47. The fraction of sp³-hybridized carbons (Fsp3) is 0.750. The second-order valence-electron chi connectivity index (χ2n) is 9.64. The van der Waals surface area contributed by atoms with Gasteiger partial charge in [-0.15, -0.1) is 0 Å². The van der Waals surface area contributed by atoms with Gasteiger partial charge in [-0.2, -0.15) is 0 Å². The molecule has 0 N–H and O–H groups in total. The molecule has 3 rings (SSSR count). The van der Waals surface area contributed by atoms with Crippen LogP contribution in [-0.2, 0) is 9.22 Å². The number of rotatable bonds is 2. The Morgan fingerprint density at radius 3 is 2.43 bits per heavy atom. The molecule has 23 heavy (non-hydrogen) atoms. The Labute approximate surface area is 142 Å². The largest absolute Gasteiger partial charge is 0.413 e. The highest BCUT2D eigenvalue weighted by molar-refractivity contribution is 6.74. The van der Waals surface area contributed by atoms with E-state index in [0.29, 0.717) is 23.5 Å². The Morgan fingerprint density at radius 1 is 1.30 bits per heavy atom. The smallest absolute Gasteiger partial charge is 0.192 e. The van der Waals surface area contributed by atoms with Crippen LogP contribution in [0.4, 0.5) is 0 Å². The van der Waals surface area contributed by atoms with Gasteiger partial charge in [-0.3, -0.25) is 4.79 Å². The molecule has 0 bridgehead atoms. The van der Waals surface area contributed by atoms with Crippen molar-refractivity contribution in [3.63, 3.8) is 0 Å². The minimum atomic E-state index is -1.83. The van der Waals surface area contributed by atoms with Crippen LogP contribution in [0.1, 0.15) is 48.0 Å². The average Bonchev–Trinajstić information content (AvgIpc) is 2.97. The van der Waals surface area contributed by atoms with Gasteiger partial charge in [0.15, 0.2) is 14.1 Å². The third-order valence-corrected chi connectivity index (χ3v) is 11.4. The maximum Gasteiger partial charge on any atom is 0.192 e. The maximum atomic E-state index is 12.8. The van der Waals surface area contributed by atoms with E-state index < -0.39 is 8.32 Å². The minimum absolute atomic E-state index is 0.207. The van der Waals surface area contributed by atoms with Crippen molar-refractivity contribution in [1.82, 2.24) is 0 Å². The summed E-state index contributed by atoms with van der Waals surface area (Å²) in [5.74, 6) is 1.56. The van der Waals surface area contributed by atoms with Crippen LogP contribution in [0.25, 0.3) is 0 Å². The number of carbonyl (C=O) groups is 1. The molecule has 3 heteroatoms. The third kappa shape index (κ3) is 2.19. The highest BCUT2D eigenvalue weighted by atomic mass is 28.4. The minimum Gasteiger partial charge on any atom is -0.413 e. The van der Waals surface area contributed by atoms with Crippen LogP contribution >= 0.6 is 0 Å². The van der Waals surface area contributed by atoms with Gasteiger partial charge in [0.1, 0.15) is 0 Å². The van der Waals surface area contributed by atoms with E-state index in [1.54, 1.807) is 0 Å². The first kappa shape index (κ1) is 17.2. The Hall–Kier alpha value is -0.673. The second-order valence-corrected chi connectivity index (χ2v) is 14.4. The molecule has 1 spiro atoms. The third-order valence-electron chi connectivity index (χ3n) is 6.93. The zero-order valence-corrected chi connectivity index (χ0v) is 17.0. The van der Waals surface area contributed by atoms with E-state index >= 15 is 0 Å². The van der Waals surface area contributed by atoms with Crippen molar-refractivity contribution < 1.29 is 9.22 Å². The van der Waals surface area contributed by atoms with E-state index in [2.05, 4.69) is 60.7 Å². The molecule has 0 saturated heterocycles. The Morgan fingerprint density at radius 2 is 1.91 bits per heavy atom. The molecule has 0 radical (unpaired) electrons. The lowest BCUT2D eigenvalue weighted by molar-refractivity contribution is -0.122. The fourth-order valence-electron chi connectivity index (χ4n) is 4.85.